The maximum absolute atomic E-state index is 12.9. The van der Waals surface area contributed by atoms with Crippen LogP contribution < -0.4 is 4.90 Å². The molecule has 0 aliphatic carbocycles. The van der Waals surface area contributed by atoms with Crippen LogP contribution in [0.3, 0.4) is 0 Å². The molecule has 2 N–H and O–H groups in total. The fourth-order valence-corrected chi connectivity index (χ4v) is 6.71. The number of rotatable bonds is 5. The summed E-state index contributed by atoms with van der Waals surface area (Å²) in [4.78, 5) is 28.4. The third kappa shape index (κ3) is 4.41. The van der Waals surface area contributed by atoms with Gasteiger partial charge in [-0.3, -0.25) is 4.90 Å². The van der Waals surface area contributed by atoms with Gasteiger partial charge in [0.1, 0.15) is 22.7 Å². The van der Waals surface area contributed by atoms with Gasteiger partial charge in [-0.25, -0.2) is 14.8 Å². The van der Waals surface area contributed by atoms with Gasteiger partial charge in [-0.15, -0.1) is 11.3 Å². The summed E-state index contributed by atoms with van der Waals surface area (Å²) in [6, 6.07) is 9.25. The largest absolute Gasteiger partial charge is 0.477 e. The zero-order chi connectivity index (χ0) is 25.1. The van der Waals surface area contributed by atoms with Gasteiger partial charge in [0.2, 0.25) is 0 Å². The Morgan fingerprint density at radius 2 is 1.97 bits per heavy atom. The van der Waals surface area contributed by atoms with Gasteiger partial charge in [0.05, 0.1) is 11.8 Å². The SMILES string of the molecule is O=C(O)c1cc2ccc(CN3CCC4(CCN(c5ncnc6sc(CC(F)(F)F)cc56)C4)C3)cc2[nH]1. The molecular formula is C25H24F3N5O2S. The van der Waals surface area contributed by atoms with E-state index < -0.39 is 18.6 Å². The summed E-state index contributed by atoms with van der Waals surface area (Å²) < 4.78 is 38.7. The van der Waals surface area contributed by atoms with Crippen molar-refractivity contribution >= 4 is 44.2 Å². The predicted octanol–water partition coefficient (Wildman–Crippen LogP) is 5.08. The number of nitrogens with one attached hydrogen (secondary N) is 1. The maximum atomic E-state index is 12.9. The van der Waals surface area contributed by atoms with Crippen molar-refractivity contribution in [3.05, 3.63) is 52.8 Å². The molecule has 2 aliphatic heterocycles. The van der Waals surface area contributed by atoms with Gasteiger partial charge < -0.3 is 15.0 Å². The van der Waals surface area contributed by atoms with Crippen LogP contribution in [0.5, 0.6) is 0 Å². The van der Waals surface area contributed by atoms with Crippen LogP contribution in [0.1, 0.15) is 33.8 Å². The number of carboxylic acid groups (broad SMARTS) is 1. The molecule has 7 nitrogen and oxygen atoms in total. The van der Waals surface area contributed by atoms with Crippen LogP contribution in [0, 0.1) is 5.41 Å². The average Bonchev–Trinajstić information content (AvgIpc) is 3.58. The Labute approximate surface area is 208 Å². The molecule has 188 valence electrons. The highest BCUT2D eigenvalue weighted by Gasteiger charge is 2.44. The molecule has 36 heavy (non-hydrogen) atoms. The second-order valence-electron chi connectivity index (χ2n) is 9.96. The molecule has 4 aromatic rings. The average molecular weight is 516 g/mol. The Kier molecular flexibility index (Phi) is 5.45. The van der Waals surface area contributed by atoms with Crippen molar-refractivity contribution in [2.75, 3.05) is 31.1 Å². The summed E-state index contributed by atoms with van der Waals surface area (Å²) in [5.41, 5.74) is 2.25. The number of anilines is 1. The summed E-state index contributed by atoms with van der Waals surface area (Å²) in [5, 5.41) is 10.8. The number of likely N-dealkylation sites (tertiary alicyclic amines) is 1. The molecule has 1 aromatic carbocycles. The highest BCUT2D eigenvalue weighted by Crippen LogP contribution is 2.43. The minimum absolute atomic E-state index is 0.120. The monoisotopic (exact) mass is 515 g/mol. The number of aromatic carboxylic acids is 1. The van der Waals surface area contributed by atoms with Gasteiger partial charge in [0.15, 0.2) is 0 Å². The Morgan fingerprint density at radius 1 is 1.14 bits per heavy atom. The number of benzene rings is 1. The zero-order valence-electron chi connectivity index (χ0n) is 19.3. The maximum Gasteiger partial charge on any atom is 0.393 e. The molecule has 1 unspecified atom stereocenters. The molecule has 6 rings (SSSR count). The first-order chi connectivity index (χ1) is 17.2. The Hall–Kier alpha value is -3.18. The van der Waals surface area contributed by atoms with Crippen LogP contribution in [0.25, 0.3) is 21.1 Å². The molecule has 0 saturated carbocycles. The number of thiophene rings is 1. The summed E-state index contributed by atoms with van der Waals surface area (Å²) in [7, 11) is 0. The Bertz CT molecular complexity index is 1470. The van der Waals surface area contributed by atoms with Crippen molar-refractivity contribution in [2.45, 2.75) is 32.0 Å². The second-order valence-corrected chi connectivity index (χ2v) is 11.1. The van der Waals surface area contributed by atoms with E-state index in [1.807, 2.05) is 18.2 Å². The van der Waals surface area contributed by atoms with Crippen LogP contribution in [0.4, 0.5) is 19.0 Å². The molecule has 2 aliphatic rings. The van der Waals surface area contributed by atoms with Crippen molar-refractivity contribution in [3.8, 4) is 0 Å². The van der Waals surface area contributed by atoms with E-state index >= 15 is 0 Å². The normalized spacial score (nSPS) is 20.9. The molecule has 1 spiro atoms. The number of fused-ring (bicyclic) bond motifs is 2. The molecule has 5 heterocycles. The van der Waals surface area contributed by atoms with Gasteiger partial charge in [-0.1, -0.05) is 12.1 Å². The predicted molar refractivity (Wildman–Crippen MR) is 132 cm³/mol. The lowest BCUT2D eigenvalue weighted by Crippen LogP contribution is -2.31. The van der Waals surface area contributed by atoms with Crippen LogP contribution in [-0.4, -0.2) is 63.3 Å². The van der Waals surface area contributed by atoms with E-state index in [2.05, 4.69) is 24.8 Å². The van der Waals surface area contributed by atoms with Crippen molar-refractivity contribution in [3.63, 3.8) is 0 Å². The number of H-pyrrole nitrogens is 1. The van der Waals surface area contributed by atoms with Gasteiger partial charge in [-0.2, -0.15) is 13.2 Å². The summed E-state index contributed by atoms with van der Waals surface area (Å²) >= 11 is 1.09. The van der Waals surface area contributed by atoms with Gasteiger partial charge in [-0.05, 0) is 43.1 Å². The minimum Gasteiger partial charge on any atom is -0.477 e. The van der Waals surface area contributed by atoms with Crippen molar-refractivity contribution in [1.82, 2.24) is 19.9 Å². The number of nitrogens with zero attached hydrogens (tertiary/aromatic N) is 4. The molecule has 2 fully saturated rings. The number of carbonyl (C=O) groups is 1. The molecular weight excluding hydrogens is 491 g/mol. The molecule has 2 saturated heterocycles. The fourth-order valence-electron chi connectivity index (χ4n) is 5.69. The standard InChI is InChI=1S/C25H24F3N5O2S/c26-25(27,28)10-17-9-18-21(29-14-30-22(18)36-17)33-6-4-24(13-33)3-5-32(12-24)11-15-1-2-16-8-20(23(34)35)31-19(16)7-15/h1-2,7-9,14,31H,3-6,10-13H2,(H,34,35). The Balaban J connectivity index is 1.16. The molecule has 1 atom stereocenters. The first kappa shape index (κ1) is 23.2. The highest BCUT2D eigenvalue weighted by atomic mass is 32.1. The second kappa shape index (κ2) is 8.45. The summed E-state index contributed by atoms with van der Waals surface area (Å²) in [6.45, 7) is 4.31. The van der Waals surface area contributed by atoms with Crippen molar-refractivity contribution < 1.29 is 23.1 Å². The third-order valence-corrected chi connectivity index (χ3v) is 8.36. The van der Waals surface area contributed by atoms with Crippen molar-refractivity contribution in [1.29, 1.82) is 0 Å². The summed E-state index contributed by atoms with van der Waals surface area (Å²) in [6.07, 6.45) is -1.69. The highest BCUT2D eigenvalue weighted by molar-refractivity contribution is 7.18. The number of aromatic nitrogens is 3. The number of aromatic amines is 1. The molecule has 0 bridgehead atoms. The molecule has 3 aromatic heterocycles. The Morgan fingerprint density at radius 3 is 2.78 bits per heavy atom. The lowest BCUT2D eigenvalue weighted by molar-refractivity contribution is -0.126. The van der Waals surface area contributed by atoms with Crippen LogP contribution in [0.15, 0.2) is 36.7 Å². The quantitative estimate of drug-likeness (QED) is 0.386. The zero-order valence-corrected chi connectivity index (χ0v) is 20.1. The van der Waals surface area contributed by atoms with E-state index in [1.54, 1.807) is 12.1 Å². The van der Waals surface area contributed by atoms with Gasteiger partial charge in [0, 0.05) is 47.4 Å². The van der Waals surface area contributed by atoms with Crippen LogP contribution >= 0.6 is 11.3 Å². The first-order valence-electron chi connectivity index (χ1n) is 11.8. The minimum atomic E-state index is -4.25. The van der Waals surface area contributed by atoms with E-state index in [1.165, 1.54) is 6.33 Å². The number of hydrogen-bond acceptors (Lipinski definition) is 6. The molecule has 11 heteroatoms. The smallest absolute Gasteiger partial charge is 0.393 e. The number of alkyl halides is 3. The molecule has 0 amide bonds. The first-order valence-corrected chi connectivity index (χ1v) is 12.6. The van der Waals surface area contributed by atoms with Gasteiger partial charge >= 0.3 is 12.1 Å². The van der Waals surface area contributed by atoms with E-state index in [0.29, 0.717) is 10.2 Å². The van der Waals surface area contributed by atoms with E-state index in [0.717, 1.165) is 79.2 Å². The van der Waals surface area contributed by atoms with Gasteiger partial charge in [0.25, 0.3) is 0 Å². The fraction of sp³-hybridized carbons (Fsp3) is 0.400. The van der Waals surface area contributed by atoms with Crippen molar-refractivity contribution in [2.24, 2.45) is 5.41 Å². The van der Waals surface area contributed by atoms with E-state index in [-0.39, 0.29) is 16.0 Å². The van der Waals surface area contributed by atoms with E-state index in [9.17, 15) is 23.1 Å². The lowest BCUT2D eigenvalue weighted by atomic mass is 9.86. The third-order valence-electron chi connectivity index (χ3n) is 7.31. The number of hydrogen-bond donors (Lipinski definition) is 2. The molecule has 0 radical (unpaired) electrons. The summed E-state index contributed by atoms with van der Waals surface area (Å²) in [5.74, 6) is -0.244. The number of halogens is 3. The van der Waals surface area contributed by atoms with Crippen LogP contribution in [-0.2, 0) is 13.0 Å². The topological polar surface area (TPSA) is 85.3 Å². The van der Waals surface area contributed by atoms with Crippen LogP contribution in [0.2, 0.25) is 0 Å². The van der Waals surface area contributed by atoms with E-state index in [4.69, 9.17) is 0 Å². The number of carboxylic acids is 1. The lowest BCUT2D eigenvalue weighted by Gasteiger charge is -2.25.